The first-order chi connectivity index (χ1) is 10.3. The molecule has 2 fully saturated rings. The number of methoxy groups -OCH3 is 1. The maximum Gasteiger partial charge on any atom is 0.118 e. The summed E-state index contributed by atoms with van der Waals surface area (Å²) in [5, 5.41) is 3.93. The van der Waals surface area contributed by atoms with Gasteiger partial charge in [0.05, 0.1) is 7.11 Å². The first kappa shape index (κ1) is 14.9. The molecular formula is C19H29NO. The summed E-state index contributed by atoms with van der Waals surface area (Å²) in [6.07, 6.45) is 9.75. The predicted octanol–water partition coefficient (Wildman–Crippen LogP) is 4.71. The summed E-state index contributed by atoms with van der Waals surface area (Å²) >= 11 is 0. The van der Waals surface area contributed by atoms with Crippen molar-refractivity contribution in [3.63, 3.8) is 0 Å². The zero-order chi connectivity index (χ0) is 14.7. The van der Waals surface area contributed by atoms with Crippen LogP contribution in [0.5, 0.6) is 5.75 Å². The molecule has 0 spiro atoms. The highest BCUT2D eigenvalue weighted by atomic mass is 16.5. The molecule has 2 aliphatic rings. The smallest absolute Gasteiger partial charge is 0.118 e. The molecule has 1 atom stereocenters. The van der Waals surface area contributed by atoms with Crippen molar-refractivity contribution in [1.82, 2.24) is 5.32 Å². The Morgan fingerprint density at radius 2 is 1.86 bits per heavy atom. The van der Waals surface area contributed by atoms with Crippen molar-refractivity contribution in [3.05, 3.63) is 29.8 Å². The maximum absolute atomic E-state index is 5.28. The zero-order valence-corrected chi connectivity index (χ0v) is 13.5. The second kappa shape index (κ2) is 6.39. The minimum Gasteiger partial charge on any atom is -0.497 e. The fraction of sp³-hybridized carbons (Fsp3) is 0.684. The molecule has 1 aromatic carbocycles. The molecule has 21 heavy (non-hydrogen) atoms. The molecule has 1 unspecified atom stereocenters. The van der Waals surface area contributed by atoms with Gasteiger partial charge in [-0.1, -0.05) is 31.9 Å². The Kier molecular flexibility index (Phi) is 4.54. The van der Waals surface area contributed by atoms with Crippen LogP contribution in [0.1, 0.15) is 63.5 Å². The van der Waals surface area contributed by atoms with Gasteiger partial charge in [0.2, 0.25) is 0 Å². The summed E-state index contributed by atoms with van der Waals surface area (Å²) in [5.41, 5.74) is 2.00. The third-order valence-electron chi connectivity index (χ3n) is 5.68. The van der Waals surface area contributed by atoms with Crippen molar-refractivity contribution in [2.75, 3.05) is 13.7 Å². The van der Waals surface area contributed by atoms with Crippen LogP contribution in [0, 0.1) is 11.3 Å². The van der Waals surface area contributed by atoms with Crippen molar-refractivity contribution in [1.29, 1.82) is 0 Å². The Morgan fingerprint density at radius 1 is 1.19 bits per heavy atom. The molecule has 0 aliphatic heterocycles. The van der Waals surface area contributed by atoms with E-state index in [-0.39, 0.29) is 0 Å². The van der Waals surface area contributed by atoms with Crippen molar-refractivity contribution in [3.8, 4) is 5.75 Å². The molecule has 3 rings (SSSR count). The van der Waals surface area contributed by atoms with Gasteiger partial charge in [0.1, 0.15) is 5.75 Å². The average molecular weight is 287 g/mol. The molecule has 2 nitrogen and oxygen atoms in total. The maximum atomic E-state index is 5.28. The molecule has 1 N–H and O–H groups in total. The second-order valence-electron chi connectivity index (χ2n) is 7.03. The van der Waals surface area contributed by atoms with Crippen LogP contribution >= 0.6 is 0 Å². The normalized spacial score (nSPS) is 22.2. The zero-order valence-electron chi connectivity index (χ0n) is 13.5. The van der Waals surface area contributed by atoms with Gasteiger partial charge in [-0.2, -0.15) is 0 Å². The van der Waals surface area contributed by atoms with Crippen LogP contribution in [0.4, 0.5) is 0 Å². The number of rotatable bonds is 7. The lowest BCUT2D eigenvalue weighted by atomic mass is 9.83. The molecule has 0 heterocycles. The number of benzene rings is 1. The lowest BCUT2D eigenvalue weighted by Gasteiger charge is -2.31. The lowest BCUT2D eigenvalue weighted by Crippen LogP contribution is -2.35. The summed E-state index contributed by atoms with van der Waals surface area (Å²) in [5.74, 6) is 1.79. The molecule has 0 radical (unpaired) electrons. The van der Waals surface area contributed by atoms with Crippen LogP contribution in [-0.2, 0) is 0 Å². The molecule has 0 amide bonds. The highest BCUT2D eigenvalue weighted by Crippen LogP contribution is 2.44. The van der Waals surface area contributed by atoms with E-state index in [0.717, 1.165) is 11.7 Å². The lowest BCUT2D eigenvalue weighted by molar-refractivity contribution is 0.250. The molecule has 0 saturated heterocycles. The SMILES string of the molecule is CCC1(CNC(c2ccc(OC)cc2)C2CC2)CCCC1. The first-order valence-corrected chi connectivity index (χ1v) is 8.64. The van der Waals surface area contributed by atoms with E-state index in [2.05, 4.69) is 36.5 Å². The standard InChI is InChI=1S/C19H29NO/c1-3-19(12-4-5-13-19)14-20-18(15-6-7-15)16-8-10-17(21-2)11-9-16/h8-11,15,18,20H,3-7,12-14H2,1-2H3. The van der Waals surface area contributed by atoms with Gasteiger partial charge < -0.3 is 10.1 Å². The molecule has 116 valence electrons. The molecular weight excluding hydrogens is 258 g/mol. The van der Waals surface area contributed by atoms with Gasteiger partial charge in [0.25, 0.3) is 0 Å². The number of hydrogen-bond donors (Lipinski definition) is 1. The van der Waals surface area contributed by atoms with Gasteiger partial charge in [-0.15, -0.1) is 0 Å². The molecule has 1 aromatic rings. The van der Waals surface area contributed by atoms with Gasteiger partial charge in [-0.25, -0.2) is 0 Å². The van der Waals surface area contributed by atoms with Gasteiger partial charge in [-0.05, 0) is 61.1 Å². The van der Waals surface area contributed by atoms with Gasteiger partial charge in [-0.3, -0.25) is 0 Å². The van der Waals surface area contributed by atoms with Crippen LogP contribution in [0.3, 0.4) is 0 Å². The third kappa shape index (κ3) is 3.42. The molecule has 0 bridgehead atoms. The number of nitrogens with one attached hydrogen (secondary N) is 1. The van der Waals surface area contributed by atoms with Gasteiger partial charge >= 0.3 is 0 Å². The Balaban J connectivity index is 1.66. The Labute approximate surface area is 129 Å². The van der Waals surface area contributed by atoms with Crippen molar-refractivity contribution in [2.45, 2.75) is 57.9 Å². The minimum absolute atomic E-state index is 0.542. The molecule has 2 heteroatoms. The Morgan fingerprint density at radius 3 is 2.38 bits per heavy atom. The van der Waals surface area contributed by atoms with Gasteiger partial charge in [0.15, 0.2) is 0 Å². The fourth-order valence-electron chi connectivity index (χ4n) is 3.90. The van der Waals surface area contributed by atoms with Crippen LogP contribution < -0.4 is 10.1 Å². The largest absolute Gasteiger partial charge is 0.497 e. The molecule has 2 saturated carbocycles. The monoisotopic (exact) mass is 287 g/mol. The van der Waals surface area contributed by atoms with Crippen LogP contribution in [0.15, 0.2) is 24.3 Å². The summed E-state index contributed by atoms with van der Waals surface area (Å²) in [6, 6.07) is 9.21. The second-order valence-corrected chi connectivity index (χ2v) is 7.03. The van der Waals surface area contributed by atoms with Crippen LogP contribution in [0.25, 0.3) is 0 Å². The summed E-state index contributed by atoms with van der Waals surface area (Å²) in [6.45, 7) is 3.56. The van der Waals surface area contributed by atoms with E-state index in [1.807, 2.05) is 0 Å². The summed E-state index contributed by atoms with van der Waals surface area (Å²) in [7, 11) is 1.73. The van der Waals surface area contributed by atoms with Gasteiger partial charge in [0, 0.05) is 12.6 Å². The third-order valence-corrected chi connectivity index (χ3v) is 5.68. The van der Waals surface area contributed by atoms with E-state index in [4.69, 9.17) is 4.74 Å². The topological polar surface area (TPSA) is 21.3 Å². The van der Waals surface area contributed by atoms with Crippen LogP contribution in [-0.4, -0.2) is 13.7 Å². The number of ether oxygens (including phenoxy) is 1. The van der Waals surface area contributed by atoms with Crippen LogP contribution in [0.2, 0.25) is 0 Å². The average Bonchev–Trinajstić information content (AvgIpc) is 3.26. The fourth-order valence-corrected chi connectivity index (χ4v) is 3.90. The minimum atomic E-state index is 0.542. The predicted molar refractivity (Wildman–Crippen MR) is 87.7 cm³/mol. The van der Waals surface area contributed by atoms with Crippen molar-refractivity contribution in [2.24, 2.45) is 11.3 Å². The summed E-state index contributed by atoms with van der Waals surface area (Å²) in [4.78, 5) is 0. The highest BCUT2D eigenvalue weighted by Gasteiger charge is 2.36. The van der Waals surface area contributed by atoms with E-state index in [9.17, 15) is 0 Å². The van der Waals surface area contributed by atoms with E-state index < -0.39 is 0 Å². The Bertz CT molecular complexity index is 443. The van der Waals surface area contributed by atoms with Crippen molar-refractivity contribution >= 4 is 0 Å². The van der Waals surface area contributed by atoms with E-state index >= 15 is 0 Å². The van der Waals surface area contributed by atoms with E-state index in [1.54, 1.807) is 7.11 Å². The molecule has 2 aliphatic carbocycles. The highest BCUT2D eigenvalue weighted by molar-refractivity contribution is 5.30. The first-order valence-electron chi connectivity index (χ1n) is 8.64. The van der Waals surface area contributed by atoms with E-state index in [0.29, 0.717) is 11.5 Å². The van der Waals surface area contributed by atoms with Crippen molar-refractivity contribution < 1.29 is 4.74 Å². The van der Waals surface area contributed by atoms with E-state index in [1.165, 1.54) is 57.1 Å². The molecule has 0 aromatic heterocycles. The Hall–Kier alpha value is -1.02. The number of hydrogen-bond acceptors (Lipinski definition) is 2. The quantitative estimate of drug-likeness (QED) is 0.784. The summed E-state index contributed by atoms with van der Waals surface area (Å²) < 4.78 is 5.28.